The monoisotopic (exact) mass is 280 g/mol. The van der Waals surface area contributed by atoms with Gasteiger partial charge in [-0.25, -0.2) is 4.79 Å². The summed E-state index contributed by atoms with van der Waals surface area (Å²) in [6, 6.07) is 3.30. The molecule has 0 saturated heterocycles. The zero-order valence-electron chi connectivity index (χ0n) is 12.0. The molecule has 1 aliphatic heterocycles. The van der Waals surface area contributed by atoms with Gasteiger partial charge in [-0.3, -0.25) is 5.32 Å². The van der Waals surface area contributed by atoms with E-state index in [1.54, 1.807) is 32.9 Å². The number of ether oxygens (including phenoxy) is 3. The third-order valence-electron chi connectivity index (χ3n) is 2.56. The minimum atomic E-state index is -0.565. The van der Waals surface area contributed by atoms with Gasteiger partial charge in [0.15, 0.2) is 11.5 Å². The Hall–Kier alpha value is -2.11. The Morgan fingerprint density at radius 3 is 2.45 bits per heavy atom. The molecule has 0 saturated carbocycles. The fourth-order valence-electron chi connectivity index (χ4n) is 1.75. The zero-order chi connectivity index (χ0) is 14.8. The molecule has 0 atom stereocenters. The van der Waals surface area contributed by atoms with Crippen LogP contribution in [0.25, 0.3) is 0 Å². The number of amides is 1. The Kier molecular flexibility index (Phi) is 3.92. The van der Waals surface area contributed by atoms with Crippen molar-refractivity contribution in [1.29, 1.82) is 0 Å². The summed E-state index contributed by atoms with van der Waals surface area (Å²) < 4.78 is 16.3. The number of nitrogen functional groups attached to an aromatic ring is 1. The van der Waals surface area contributed by atoms with Gasteiger partial charge in [-0.1, -0.05) is 0 Å². The molecular formula is C14H20N2O4. The normalized spacial score (nSPS) is 14.3. The molecule has 3 N–H and O–H groups in total. The number of nitrogens with one attached hydrogen (secondary N) is 1. The van der Waals surface area contributed by atoms with Crippen molar-refractivity contribution >= 4 is 17.5 Å². The van der Waals surface area contributed by atoms with Crippen LogP contribution in [0.2, 0.25) is 0 Å². The molecule has 1 aliphatic rings. The number of carbonyl (C=O) groups excluding carboxylic acids is 1. The topological polar surface area (TPSA) is 82.8 Å². The summed E-state index contributed by atoms with van der Waals surface area (Å²) in [5.41, 5.74) is 6.19. The minimum Gasteiger partial charge on any atom is -0.489 e. The van der Waals surface area contributed by atoms with Crippen molar-refractivity contribution in [2.45, 2.75) is 32.8 Å². The molecule has 0 spiro atoms. The minimum absolute atomic E-state index is 0.403. The first-order chi connectivity index (χ1) is 9.35. The number of nitrogens with two attached hydrogens (primary N) is 1. The molecule has 110 valence electrons. The molecular weight excluding hydrogens is 260 g/mol. The lowest BCUT2D eigenvalue weighted by molar-refractivity contribution is 0.0636. The molecule has 1 aromatic carbocycles. The fourth-order valence-corrected chi connectivity index (χ4v) is 1.75. The van der Waals surface area contributed by atoms with E-state index in [2.05, 4.69) is 5.32 Å². The zero-order valence-corrected chi connectivity index (χ0v) is 12.0. The lowest BCUT2D eigenvalue weighted by Gasteiger charge is -2.20. The van der Waals surface area contributed by atoms with Gasteiger partial charge < -0.3 is 19.9 Å². The van der Waals surface area contributed by atoms with Gasteiger partial charge in [0.25, 0.3) is 0 Å². The lowest BCUT2D eigenvalue weighted by Crippen LogP contribution is -2.27. The van der Waals surface area contributed by atoms with Crippen LogP contribution in [0.5, 0.6) is 11.5 Å². The Balaban J connectivity index is 2.16. The van der Waals surface area contributed by atoms with Gasteiger partial charge in [0.1, 0.15) is 5.60 Å². The maximum atomic E-state index is 11.8. The van der Waals surface area contributed by atoms with Gasteiger partial charge in [-0.15, -0.1) is 0 Å². The average Bonchev–Trinajstić information content (AvgIpc) is 2.52. The molecule has 1 heterocycles. The first-order valence-electron chi connectivity index (χ1n) is 6.54. The number of anilines is 2. The highest BCUT2D eigenvalue weighted by Gasteiger charge is 2.19. The summed E-state index contributed by atoms with van der Waals surface area (Å²) in [7, 11) is 0. The molecule has 0 radical (unpaired) electrons. The number of fused-ring (bicyclic) bond motifs is 1. The van der Waals surface area contributed by atoms with Crippen molar-refractivity contribution in [2.24, 2.45) is 0 Å². The summed E-state index contributed by atoms with van der Waals surface area (Å²) in [5.74, 6) is 1.16. The molecule has 0 fully saturated rings. The van der Waals surface area contributed by atoms with Crippen molar-refractivity contribution in [2.75, 3.05) is 24.3 Å². The molecule has 0 bridgehead atoms. The fraction of sp³-hybridized carbons (Fsp3) is 0.500. The first kappa shape index (κ1) is 14.3. The summed E-state index contributed by atoms with van der Waals surface area (Å²) in [5, 5.41) is 2.62. The van der Waals surface area contributed by atoms with Crippen molar-refractivity contribution in [3.63, 3.8) is 0 Å². The van der Waals surface area contributed by atoms with Crippen molar-refractivity contribution in [1.82, 2.24) is 0 Å². The molecule has 0 unspecified atom stereocenters. The predicted molar refractivity (Wildman–Crippen MR) is 76.3 cm³/mol. The SMILES string of the molecule is CC(C)(C)OC(=O)Nc1cc2c(cc1N)OCCCO2. The van der Waals surface area contributed by atoms with E-state index in [1.807, 2.05) is 0 Å². The summed E-state index contributed by atoms with van der Waals surface area (Å²) in [4.78, 5) is 11.8. The van der Waals surface area contributed by atoms with E-state index < -0.39 is 11.7 Å². The molecule has 2 rings (SSSR count). The standard InChI is InChI=1S/C14H20N2O4/c1-14(2,3)20-13(17)16-10-8-12-11(7-9(10)15)18-5-4-6-19-12/h7-8H,4-6,15H2,1-3H3,(H,16,17). The highest BCUT2D eigenvalue weighted by Crippen LogP contribution is 2.36. The highest BCUT2D eigenvalue weighted by atomic mass is 16.6. The van der Waals surface area contributed by atoms with Crippen molar-refractivity contribution in [3.05, 3.63) is 12.1 Å². The van der Waals surface area contributed by atoms with E-state index in [4.69, 9.17) is 19.9 Å². The van der Waals surface area contributed by atoms with Crippen LogP contribution >= 0.6 is 0 Å². The maximum Gasteiger partial charge on any atom is 0.412 e. The molecule has 1 aromatic rings. The summed E-state index contributed by atoms with van der Waals surface area (Å²) in [6.07, 6.45) is 0.252. The first-order valence-corrected chi connectivity index (χ1v) is 6.54. The third-order valence-corrected chi connectivity index (χ3v) is 2.56. The van der Waals surface area contributed by atoms with Crippen molar-refractivity contribution < 1.29 is 19.0 Å². The van der Waals surface area contributed by atoms with E-state index >= 15 is 0 Å². The molecule has 1 amide bonds. The van der Waals surface area contributed by atoms with Gasteiger partial charge >= 0.3 is 6.09 Å². The number of carbonyl (C=O) groups is 1. The van der Waals surface area contributed by atoms with Crippen LogP contribution in [0.15, 0.2) is 12.1 Å². The molecule has 20 heavy (non-hydrogen) atoms. The number of rotatable bonds is 1. The Labute approximate surface area is 118 Å². The predicted octanol–water partition coefficient (Wildman–Crippen LogP) is 2.78. The van der Waals surface area contributed by atoms with Gasteiger partial charge in [0, 0.05) is 18.6 Å². The quantitative estimate of drug-likeness (QED) is 0.773. The molecule has 0 aliphatic carbocycles. The van der Waals surface area contributed by atoms with E-state index in [0.717, 1.165) is 6.42 Å². The molecule has 0 aromatic heterocycles. The van der Waals surface area contributed by atoms with Crippen molar-refractivity contribution in [3.8, 4) is 11.5 Å². The Bertz CT molecular complexity index is 509. The Morgan fingerprint density at radius 1 is 1.25 bits per heavy atom. The summed E-state index contributed by atoms with van der Waals surface area (Å²) >= 11 is 0. The van der Waals surface area contributed by atoms with E-state index in [9.17, 15) is 4.79 Å². The van der Waals surface area contributed by atoms with Crippen LogP contribution < -0.4 is 20.5 Å². The second-order valence-electron chi connectivity index (χ2n) is 5.56. The van der Waals surface area contributed by atoms with Crippen LogP contribution in [0.3, 0.4) is 0 Å². The van der Waals surface area contributed by atoms with Crippen LogP contribution in [-0.4, -0.2) is 24.9 Å². The van der Waals surface area contributed by atoms with E-state index in [-0.39, 0.29) is 0 Å². The maximum absolute atomic E-state index is 11.8. The van der Waals surface area contributed by atoms with Gasteiger partial charge in [0.2, 0.25) is 0 Å². The van der Waals surface area contributed by atoms with Gasteiger partial charge in [-0.05, 0) is 20.8 Å². The second kappa shape index (κ2) is 5.48. The van der Waals surface area contributed by atoms with Crippen LogP contribution in [-0.2, 0) is 4.74 Å². The molecule has 6 nitrogen and oxygen atoms in total. The van der Waals surface area contributed by atoms with Crippen LogP contribution in [0, 0.1) is 0 Å². The third kappa shape index (κ3) is 3.69. The number of hydrogen-bond donors (Lipinski definition) is 2. The van der Waals surface area contributed by atoms with Crippen LogP contribution in [0.4, 0.5) is 16.2 Å². The highest BCUT2D eigenvalue weighted by molar-refractivity contribution is 5.90. The smallest absolute Gasteiger partial charge is 0.412 e. The van der Waals surface area contributed by atoms with Gasteiger partial charge in [-0.2, -0.15) is 0 Å². The molecule has 6 heteroatoms. The average molecular weight is 280 g/mol. The largest absolute Gasteiger partial charge is 0.489 e. The van der Waals surface area contributed by atoms with E-state index in [1.165, 1.54) is 0 Å². The van der Waals surface area contributed by atoms with Crippen LogP contribution in [0.1, 0.15) is 27.2 Å². The van der Waals surface area contributed by atoms with Gasteiger partial charge in [0.05, 0.1) is 24.6 Å². The number of hydrogen-bond acceptors (Lipinski definition) is 5. The van der Waals surface area contributed by atoms with E-state index in [0.29, 0.717) is 36.1 Å². The Morgan fingerprint density at radius 2 is 1.85 bits per heavy atom. The second-order valence-corrected chi connectivity index (χ2v) is 5.56. The lowest BCUT2D eigenvalue weighted by atomic mass is 10.2. The summed E-state index contributed by atoms with van der Waals surface area (Å²) in [6.45, 7) is 6.55. The number of benzene rings is 1.